The van der Waals surface area contributed by atoms with Crippen LogP contribution < -0.4 is 5.48 Å². The third kappa shape index (κ3) is 6.33. The molecule has 2 unspecified atom stereocenters. The van der Waals surface area contributed by atoms with Gasteiger partial charge in [-0.2, -0.15) is 5.48 Å². The highest BCUT2D eigenvalue weighted by molar-refractivity contribution is 7.89. The fraction of sp³-hybridized carbons (Fsp3) is 0.500. The van der Waals surface area contributed by atoms with Crippen molar-refractivity contribution in [3.63, 3.8) is 0 Å². The lowest BCUT2D eigenvalue weighted by Gasteiger charge is -2.00. The maximum Gasteiger partial charge on any atom is 0.0563 e. The van der Waals surface area contributed by atoms with Crippen LogP contribution in [0.5, 0.6) is 0 Å². The Morgan fingerprint density at radius 2 is 2.33 bits per heavy atom. The van der Waals surface area contributed by atoms with E-state index in [4.69, 9.17) is 10.6 Å². The van der Waals surface area contributed by atoms with E-state index in [0.29, 0.717) is 10.7 Å². The van der Waals surface area contributed by atoms with Crippen LogP contribution in [-0.4, -0.2) is 27.4 Å². The van der Waals surface area contributed by atoms with Crippen molar-refractivity contribution in [2.45, 2.75) is 26.3 Å². The van der Waals surface area contributed by atoms with Crippen LogP contribution in [0.1, 0.15) is 20.3 Å². The van der Waals surface area contributed by atoms with Gasteiger partial charge in [0.1, 0.15) is 0 Å². The molecule has 0 bridgehead atoms. The normalized spacial score (nSPS) is 16.6. The summed E-state index contributed by atoms with van der Waals surface area (Å²) in [4.78, 5) is 0.498. The molecule has 2 atom stereocenters. The smallest absolute Gasteiger partial charge is 0.0563 e. The fourth-order valence-corrected chi connectivity index (χ4v) is 1.82. The van der Waals surface area contributed by atoms with E-state index in [2.05, 4.69) is 5.48 Å². The lowest BCUT2D eigenvalue weighted by atomic mass is 10.3. The first-order valence-corrected chi connectivity index (χ1v) is 6.14. The van der Waals surface area contributed by atoms with Gasteiger partial charge in [-0.05, 0) is 19.4 Å². The summed E-state index contributed by atoms with van der Waals surface area (Å²) in [5.41, 5.74) is 2.06. The van der Waals surface area contributed by atoms with Crippen LogP contribution in [0, 0.1) is 5.41 Å². The van der Waals surface area contributed by atoms with Crippen LogP contribution in [0.15, 0.2) is 23.1 Å². The van der Waals surface area contributed by atoms with E-state index in [1.54, 1.807) is 25.2 Å². The SMILES string of the molecule is CCCS(=O)/C(C=N)=C/C=C\C(C)NO. The van der Waals surface area contributed by atoms with Gasteiger partial charge in [0.15, 0.2) is 0 Å². The van der Waals surface area contributed by atoms with Gasteiger partial charge in [-0.3, -0.25) is 4.21 Å². The molecule has 0 fully saturated rings. The monoisotopic (exact) mass is 230 g/mol. The van der Waals surface area contributed by atoms with E-state index in [1.165, 1.54) is 0 Å². The molecule has 15 heavy (non-hydrogen) atoms. The number of nitrogens with one attached hydrogen (secondary N) is 2. The highest BCUT2D eigenvalue weighted by atomic mass is 32.2. The van der Waals surface area contributed by atoms with Crippen LogP contribution in [-0.2, 0) is 10.8 Å². The summed E-state index contributed by atoms with van der Waals surface area (Å²) in [6.07, 6.45) is 6.96. The number of rotatable bonds is 7. The maximum absolute atomic E-state index is 11.5. The molecule has 5 heteroatoms. The Kier molecular flexibility index (Phi) is 8.08. The first-order chi connectivity index (χ1) is 7.15. The average molecular weight is 230 g/mol. The second kappa shape index (κ2) is 8.52. The molecule has 4 nitrogen and oxygen atoms in total. The third-order valence-electron chi connectivity index (χ3n) is 1.66. The minimum Gasteiger partial charge on any atom is -0.316 e. The van der Waals surface area contributed by atoms with Gasteiger partial charge in [-0.25, -0.2) is 0 Å². The number of hydroxylamine groups is 1. The first kappa shape index (κ1) is 14.2. The summed E-state index contributed by atoms with van der Waals surface area (Å²) >= 11 is 0. The minimum absolute atomic E-state index is 0.159. The van der Waals surface area contributed by atoms with Crippen LogP contribution in [0.3, 0.4) is 0 Å². The van der Waals surface area contributed by atoms with Crippen molar-refractivity contribution >= 4 is 17.0 Å². The van der Waals surface area contributed by atoms with E-state index in [1.807, 2.05) is 6.92 Å². The molecular formula is C10H18N2O2S. The van der Waals surface area contributed by atoms with E-state index in [0.717, 1.165) is 12.6 Å². The molecule has 86 valence electrons. The van der Waals surface area contributed by atoms with Crippen molar-refractivity contribution in [1.29, 1.82) is 5.41 Å². The van der Waals surface area contributed by atoms with Crippen molar-refractivity contribution in [2.75, 3.05) is 5.75 Å². The zero-order chi connectivity index (χ0) is 11.7. The molecule has 0 saturated carbocycles. The maximum atomic E-state index is 11.5. The van der Waals surface area contributed by atoms with Gasteiger partial charge in [0.25, 0.3) is 0 Å². The van der Waals surface area contributed by atoms with Gasteiger partial charge in [-0.15, -0.1) is 0 Å². The molecule has 0 spiro atoms. The van der Waals surface area contributed by atoms with Crippen molar-refractivity contribution in [3.8, 4) is 0 Å². The first-order valence-electron chi connectivity index (χ1n) is 4.82. The predicted octanol–water partition coefficient (Wildman–Crippen LogP) is 1.60. The van der Waals surface area contributed by atoms with Crippen LogP contribution in [0.25, 0.3) is 0 Å². The molecule has 0 aromatic carbocycles. The average Bonchev–Trinajstić information content (AvgIpc) is 2.24. The van der Waals surface area contributed by atoms with Gasteiger partial charge in [0.2, 0.25) is 0 Å². The second-order valence-electron chi connectivity index (χ2n) is 3.07. The van der Waals surface area contributed by atoms with Gasteiger partial charge < -0.3 is 10.6 Å². The Labute approximate surface area is 93.0 Å². The quantitative estimate of drug-likeness (QED) is 0.353. The van der Waals surface area contributed by atoms with E-state index >= 15 is 0 Å². The molecule has 3 N–H and O–H groups in total. The molecule has 0 heterocycles. The number of hydrogen-bond donors (Lipinski definition) is 3. The fourth-order valence-electron chi connectivity index (χ4n) is 0.853. The Bertz CT molecular complexity index is 275. The molecule has 0 rings (SSSR count). The van der Waals surface area contributed by atoms with Crippen molar-refractivity contribution < 1.29 is 9.42 Å². The molecule has 0 radical (unpaired) electrons. The van der Waals surface area contributed by atoms with Crippen LogP contribution >= 0.6 is 0 Å². The number of allylic oxidation sites excluding steroid dienone is 3. The van der Waals surface area contributed by atoms with E-state index < -0.39 is 10.8 Å². The molecule has 0 aromatic rings. The Morgan fingerprint density at radius 1 is 1.67 bits per heavy atom. The molecule has 0 aliphatic rings. The number of hydrogen-bond acceptors (Lipinski definition) is 4. The van der Waals surface area contributed by atoms with Gasteiger partial charge in [0.05, 0.1) is 15.7 Å². The summed E-state index contributed by atoms with van der Waals surface area (Å²) in [6.45, 7) is 3.73. The topological polar surface area (TPSA) is 73.2 Å². The summed E-state index contributed by atoms with van der Waals surface area (Å²) in [6, 6.07) is -0.159. The highest BCUT2D eigenvalue weighted by Gasteiger charge is 2.01. The van der Waals surface area contributed by atoms with E-state index in [-0.39, 0.29) is 6.04 Å². The molecule has 0 aliphatic carbocycles. The van der Waals surface area contributed by atoms with Crippen LogP contribution in [0.2, 0.25) is 0 Å². The molecule has 0 aromatic heterocycles. The van der Waals surface area contributed by atoms with Crippen molar-refractivity contribution in [2.24, 2.45) is 0 Å². The minimum atomic E-state index is -1.09. The van der Waals surface area contributed by atoms with Gasteiger partial charge in [-0.1, -0.05) is 19.1 Å². The Hall–Kier alpha value is -0.780. The van der Waals surface area contributed by atoms with Crippen molar-refractivity contribution in [1.82, 2.24) is 5.48 Å². The standard InChI is InChI=1S/C10H18N2O2S/c1-3-7-15(14)10(8-11)6-4-5-9(2)12-13/h4-6,8-9,11-13H,3,7H2,1-2H3/b5-4-,10-6+,11-8?. The molecular weight excluding hydrogens is 212 g/mol. The third-order valence-corrected chi connectivity index (χ3v) is 3.22. The molecule has 0 amide bonds. The summed E-state index contributed by atoms with van der Waals surface area (Å²) in [7, 11) is -1.09. The molecule has 0 saturated heterocycles. The summed E-state index contributed by atoms with van der Waals surface area (Å²) in [5.74, 6) is 0.572. The summed E-state index contributed by atoms with van der Waals surface area (Å²) < 4.78 is 11.5. The van der Waals surface area contributed by atoms with Gasteiger partial charge >= 0.3 is 0 Å². The van der Waals surface area contributed by atoms with Crippen molar-refractivity contribution in [3.05, 3.63) is 23.1 Å². The lowest BCUT2D eigenvalue weighted by molar-refractivity contribution is 0.149. The largest absolute Gasteiger partial charge is 0.316 e. The van der Waals surface area contributed by atoms with Crippen LogP contribution in [0.4, 0.5) is 0 Å². The Morgan fingerprint density at radius 3 is 2.80 bits per heavy atom. The molecule has 0 aliphatic heterocycles. The zero-order valence-corrected chi connectivity index (χ0v) is 9.88. The van der Waals surface area contributed by atoms with Gasteiger partial charge in [0, 0.05) is 18.0 Å². The highest BCUT2D eigenvalue weighted by Crippen LogP contribution is 2.01. The Balaban J connectivity index is 4.40. The summed E-state index contributed by atoms with van der Waals surface area (Å²) in [5, 5.41) is 15.6. The zero-order valence-electron chi connectivity index (χ0n) is 9.06. The second-order valence-corrected chi connectivity index (χ2v) is 4.64. The van der Waals surface area contributed by atoms with E-state index in [9.17, 15) is 4.21 Å². The lowest BCUT2D eigenvalue weighted by Crippen LogP contribution is -2.18. The predicted molar refractivity (Wildman–Crippen MR) is 63.7 cm³/mol.